The first-order chi connectivity index (χ1) is 8.74. The van der Waals surface area contributed by atoms with Crippen LogP contribution in [0, 0.1) is 6.92 Å². The lowest BCUT2D eigenvalue weighted by molar-refractivity contribution is -0.0660. The van der Waals surface area contributed by atoms with Crippen molar-refractivity contribution < 1.29 is 4.74 Å². The fraction of sp³-hybridized carbons (Fsp3) is 0.571. The van der Waals surface area contributed by atoms with Crippen LogP contribution in [0.2, 0.25) is 5.02 Å². The van der Waals surface area contributed by atoms with E-state index in [4.69, 9.17) is 16.3 Å². The van der Waals surface area contributed by atoms with E-state index in [1.807, 2.05) is 6.07 Å². The number of aryl methyl sites for hydroxylation is 1. The van der Waals surface area contributed by atoms with Crippen molar-refractivity contribution >= 4 is 17.3 Å². The van der Waals surface area contributed by atoms with E-state index in [-0.39, 0.29) is 0 Å². The van der Waals surface area contributed by atoms with Crippen molar-refractivity contribution in [3.8, 4) is 0 Å². The van der Waals surface area contributed by atoms with E-state index in [2.05, 4.69) is 28.9 Å². The van der Waals surface area contributed by atoms with Crippen LogP contribution in [0.4, 0.5) is 5.69 Å². The van der Waals surface area contributed by atoms with Gasteiger partial charge in [-0.1, -0.05) is 11.6 Å². The van der Waals surface area contributed by atoms with Crippen LogP contribution in [-0.2, 0) is 4.74 Å². The van der Waals surface area contributed by atoms with Gasteiger partial charge in [0.15, 0.2) is 0 Å². The summed E-state index contributed by atoms with van der Waals surface area (Å²) in [7, 11) is 0. The van der Waals surface area contributed by atoms with Crippen molar-refractivity contribution in [3.05, 3.63) is 28.8 Å². The summed E-state index contributed by atoms with van der Waals surface area (Å²) in [5.41, 5.74) is 2.45. The van der Waals surface area contributed by atoms with Crippen LogP contribution in [0.1, 0.15) is 5.56 Å². The number of halogens is 1. The predicted molar refractivity (Wildman–Crippen MR) is 74.6 cm³/mol. The Morgan fingerprint density at radius 3 is 2.44 bits per heavy atom. The molecule has 1 aromatic carbocycles. The molecule has 4 heteroatoms. The van der Waals surface area contributed by atoms with Crippen molar-refractivity contribution in [2.75, 3.05) is 44.3 Å². The Hall–Kier alpha value is -0.770. The highest BCUT2D eigenvalue weighted by molar-refractivity contribution is 6.31. The molecule has 2 aliphatic heterocycles. The predicted octanol–water partition coefficient (Wildman–Crippen LogP) is 2.17. The zero-order valence-corrected chi connectivity index (χ0v) is 11.5. The summed E-state index contributed by atoms with van der Waals surface area (Å²) in [5.74, 6) is 0. The molecule has 1 aromatic rings. The van der Waals surface area contributed by atoms with Crippen LogP contribution in [0.3, 0.4) is 0 Å². The molecule has 0 spiro atoms. The lowest BCUT2D eigenvalue weighted by Crippen LogP contribution is -2.56. The highest BCUT2D eigenvalue weighted by Crippen LogP contribution is 2.24. The van der Waals surface area contributed by atoms with E-state index in [0.717, 1.165) is 50.0 Å². The van der Waals surface area contributed by atoms with Crippen molar-refractivity contribution in [2.24, 2.45) is 0 Å². The summed E-state index contributed by atoms with van der Waals surface area (Å²) in [5, 5.41) is 0.851. The molecule has 3 nitrogen and oxygen atoms in total. The fourth-order valence-corrected chi connectivity index (χ4v) is 2.72. The monoisotopic (exact) mass is 266 g/mol. The number of anilines is 1. The van der Waals surface area contributed by atoms with Gasteiger partial charge in [-0.05, 0) is 30.7 Å². The van der Waals surface area contributed by atoms with E-state index in [0.29, 0.717) is 6.04 Å². The van der Waals surface area contributed by atoms with Gasteiger partial charge in [0.05, 0.1) is 19.3 Å². The minimum atomic E-state index is 0.666. The zero-order valence-electron chi connectivity index (χ0n) is 10.7. The first-order valence-corrected chi connectivity index (χ1v) is 6.95. The molecule has 2 fully saturated rings. The van der Waals surface area contributed by atoms with Crippen molar-refractivity contribution in [3.63, 3.8) is 0 Å². The average Bonchev–Trinajstić information content (AvgIpc) is 2.32. The molecule has 0 saturated carbocycles. The van der Waals surface area contributed by atoms with Gasteiger partial charge in [0.1, 0.15) is 0 Å². The first kappa shape index (κ1) is 12.3. The second kappa shape index (κ2) is 5.08. The maximum Gasteiger partial charge on any atom is 0.0645 e. The van der Waals surface area contributed by atoms with Crippen LogP contribution in [0.5, 0.6) is 0 Å². The SMILES string of the molecule is Cc1cc(N2CCN(C3COC3)CC2)ccc1Cl. The Morgan fingerprint density at radius 2 is 1.89 bits per heavy atom. The lowest BCUT2D eigenvalue weighted by atomic mass is 10.1. The number of nitrogens with zero attached hydrogens (tertiary/aromatic N) is 2. The van der Waals surface area contributed by atoms with Crippen molar-refractivity contribution in [1.29, 1.82) is 0 Å². The Labute approximate surface area is 113 Å². The minimum absolute atomic E-state index is 0.666. The second-order valence-corrected chi connectivity index (χ2v) is 5.55. The maximum absolute atomic E-state index is 6.07. The summed E-state index contributed by atoms with van der Waals surface area (Å²) in [6.45, 7) is 8.36. The molecular weight excluding hydrogens is 248 g/mol. The number of hydrogen-bond donors (Lipinski definition) is 0. The third-order valence-electron chi connectivity index (χ3n) is 3.96. The summed E-state index contributed by atoms with van der Waals surface area (Å²) in [6, 6.07) is 6.97. The van der Waals surface area contributed by atoms with Crippen LogP contribution in [0.25, 0.3) is 0 Å². The van der Waals surface area contributed by atoms with E-state index >= 15 is 0 Å². The number of benzene rings is 1. The third-order valence-corrected chi connectivity index (χ3v) is 4.38. The number of rotatable bonds is 2. The van der Waals surface area contributed by atoms with Crippen molar-refractivity contribution in [1.82, 2.24) is 4.90 Å². The fourth-order valence-electron chi connectivity index (χ4n) is 2.60. The van der Waals surface area contributed by atoms with Gasteiger partial charge in [-0.15, -0.1) is 0 Å². The smallest absolute Gasteiger partial charge is 0.0645 e. The van der Waals surface area contributed by atoms with Crippen LogP contribution >= 0.6 is 11.6 Å². The molecule has 2 saturated heterocycles. The number of ether oxygens (including phenoxy) is 1. The molecule has 98 valence electrons. The van der Waals surface area contributed by atoms with Gasteiger partial charge in [-0.3, -0.25) is 4.90 Å². The van der Waals surface area contributed by atoms with Gasteiger partial charge < -0.3 is 9.64 Å². The minimum Gasteiger partial charge on any atom is -0.378 e. The Kier molecular flexibility index (Phi) is 3.46. The summed E-state index contributed by atoms with van der Waals surface area (Å²) in [4.78, 5) is 4.99. The summed E-state index contributed by atoms with van der Waals surface area (Å²) in [6.07, 6.45) is 0. The molecule has 0 aliphatic carbocycles. The molecule has 0 atom stereocenters. The van der Waals surface area contributed by atoms with Crippen molar-refractivity contribution in [2.45, 2.75) is 13.0 Å². The number of hydrogen-bond acceptors (Lipinski definition) is 3. The molecule has 0 bridgehead atoms. The lowest BCUT2D eigenvalue weighted by Gasteiger charge is -2.43. The Morgan fingerprint density at radius 1 is 1.17 bits per heavy atom. The van der Waals surface area contributed by atoms with Gasteiger partial charge in [-0.2, -0.15) is 0 Å². The third kappa shape index (κ3) is 2.35. The highest BCUT2D eigenvalue weighted by atomic mass is 35.5. The van der Waals surface area contributed by atoms with Crippen LogP contribution in [-0.4, -0.2) is 50.3 Å². The molecule has 0 amide bonds. The quantitative estimate of drug-likeness (QED) is 0.816. The molecule has 0 unspecified atom stereocenters. The first-order valence-electron chi connectivity index (χ1n) is 6.57. The normalized spacial score (nSPS) is 22.0. The van der Waals surface area contributed by atoms with Crippen LogP contribution in [0.15, 0.2) is 18.2 Å². The number of piperazine rings is 1. The largest absolute Gasteiger partial charge is 0.378 e. The molecular formula is C14H19ClN2O. The zero-order chi connectivity index (χ0) is 12.5. The standard InChI is InChI=1S/C14H19ClN2O/c1-11-8-12(2-3-14(11)15)16-4-6-17(7-5-16)13-9-18-10-13/h2-3,8,13H,4-7,9-10H2,1H3. The molecule has 0 radical (unpaired) electrons. The van der Waals surface area contributed by atoms with Crippen LogP contribution < -0.4 is 4.90 Å². The summed E-state index contributed by atoms with van der Waals surface area (Å²) < 4.78 is 5.26. The maximum atomic E-state index is 6.07. The molecule has 18 heavy (non-hydrogen) atoms. The van der Waals surface area contributed by atoms with Gasteiger partial charge in [0.25, 0.3) is 0 Å². The molecule has 0 aromatic heterocycles. The van der Waals surface area contributed by atoms with E-state index in [1.165, 1.54) is 5.69 Å². The van der Waals surface area contributed by atoms with Gasteiger partial charge >= 0.3 is 0 Å². The van der Waals surface area contributed by atoms with E-state index in [1.54, 1.807) is 0 Å². The molecule has 2 heterocycles. The van der Waals surface area contributed by atoms with Gasteiger partial charge in [0, 0.05) is 36.9 Å². The molecule has 0 N–H and O–H groups in total. The highest BCUT2D eigenvalue weighted by Gasteiger charge is 2.28. The molecule has 2 aliphatic rings. The Bertz CT molecular complexity index is 426. The topological polar surface area (TPSA) is 15.7 Å². The van der Waals surface area contributed by atoms with Gasteiger partial charge in [-0.25, -0.2) is 0 Å². The Balaban J connectivity index is 1.62. The van der Waals surface area contributed by atoms with Gasteiger partial charge in [0.2, 0.25) is 0 Å². The second-order valence-electron chi connectivity index (χ2n) is 5.15. The van der Waals surface area contributed by atoms with E-state index < -0.39 is 0 Å². The summed E-state index contributed by atoms with van der Waals surface area (Å²) >= 11 is 6.07. The van der Waals surface area contributed by atoms with E-state index in [9.17, 15) is 0 Å². The average molecular weight is 267 g/mol. The molecule has 3 rings (SSSR count).